The number of hydrogen-bond donors (Lipinski definition) is 0. The van der Waals surface area contributed by atoms with E-state index >= 15 is 0 Å². The summed E-state index contributed by atoms with van der Waals surface area (Å²) >= 11 is 0. The van der Waals surface area contributed by atoms with Gasteiger partial charge < -0.3 is 4.43 Å². The summed E-state index contributed by atoms with van der Waals surface area (Å²) in [7, 11) is 0.784. The van der Waals surface area contributed by atoms with E-state index in [4.69, 9.17) is 4.43 Å². The van der Waals surface area contributed by atoms with Gasteiger partial charge in [-0.05, 0) is 29.9 Å². The number of rotatable bonds is 2. The Kier molecular flexibility index (Phi) is 3.15. The maximum Gasteiger partial charge on any atom is 0.204 e. The minimum Gasteiger partial charge on any atom is -0.553 e. The molecule has 82 valence electrons. The zero-order chi connectivity index (χ0) is 10.7. The van der Waals surface area contributed by atoms with Gasteiger partial charge >= 0.3 is 0 Å². The van der Waals surface area contributed by atoms with E-state index in [0.717, 1.165) is 16.2 Å². The van der Waals surface area contributed by atoms with Crippen LogP contribution in [0.3, 0.4) is 0 Å². The van der Waals surface area contributed by atoms with Crippen molar-refractivity contribution in [1.82, 2.24) is 0 Å². The second-order valence-corrected chi connectivity index (χ2v) is 5.23. The summed E-state index contributed by atoms with van der Waals surface area (Å²) < 4.78 is 5.60. The Morgan fingerprint density at radius 3 is 2.47 bits per heavy atom. The third-order valence-electron chi connectivity index (χ3n) is 3.71. The Morgan fingerprint density at radius 2 is 1.80 bits per heavy atom. The first-order valence-corrected chi connectivity index (χ1v) is 6.71. The predicted octanol–water partition coefficient (Wildman–Crippen LogP) is 2.57. The SMILES string of the molecule is CC1(c2ccccc2O[SiH3])CCCCC1. The van der Waals surface area contributed by atoms with E-state index in [0.29, 0.717) is 5.41 Å². The molecule has 0 heterocycles. The summed E-state index contributed by atoms with van der Waals surface area (Å²) in [6, 6.07) is 8.57. The van der Waals surface area contributed by atoms with Crippen molar-refractivity contribution in [1.29, 1.82) is 0 Å². The zero-order valence-corrected chi connectivity index (χ0v) is 11.8. The van der Waals surface area contributed by atoms with Crippen LogP contribution in [0.1, 0.15) is 44.6 Å². The quantitative estimate of drug-likeness (QED) is 0.696. The second-order valence-electron chi connectivity index (χ2n) is 4.82. The lowest BCUT2D eigenvalue weighted by molar-refractivity contribution is 0.314. The summed E-state index contributed by atoms with van der Waals surface area (Å²) in [4.78, 5) is 0. The molecule has 1 aromatic rings. The molecule has 0 radical (unpaired) electrons. The monoisotopic (exact) mass is 220 g/mol. The molecule has 15 heavy (non-hydrogen) atoms. The van der Waals surface area contributed by atoms with E-state index in [-0.39, 0.29) is 0 Å². The van der Waals surface area contributed by atoms with Crippen molar-refractivity contribution >= 4 is 10.5 Å². The van der Waals surface area contributed by atoms with Crippen molar-refractivity contribution in [3.05, 3.63) is 29.8 Å². The highest BCUT2D eigenvalue weighted by Crippen LogP contribution is 2.42. The highest BCUT2D eigenvalue weighted by atomic mass is 28.2. The van der Waals surface area contributed by atoms with E-state index in [2.05, 4.69) is 31.2 Å². The molecule has 2 heteroatoms. The van der Waals surface area contributed by atoms with Gasteiger partial charge in [0.2, 0.25) is 10.5 Å². The summed E-state index contributed by atoms with van der Waals surface area (Å²) in [6.45, 7) is 2.39. The van der Waals surface area contributed by atoms with Gasteiger partial charge in [-0.15, -0.1) is 0 Å². The molecule has 1 saturated carbocycles. The third-order valence-corrected chi connectivity index (χ3v) is 4.15. The first-order chi connectivity index (χ1) is 7.26. The lowest BCUT2D eigenvalue weighted by Crippen LogP contribution is -2.25. The van der Waals surface area contributed by atoms with E-state index < -0.39 is 0 Å². The second kappa shape index (κ2) is 4.39. The average molecular weight is 220 g/mol. The van der Waals surface area contributed by atoms with E-state index in [1.165, 1.54) is 37.7 Å². The van der Waals surface area contributed by atoms with Crippen molar-refractivity contribution in [2.45, 2.75) is 44.4 Å². The van der Waals surface area contributed by atoms with Crippen molar-refractivity contribution in [2.75, 3.05) is 0 Å². The number of benzene rings is 1. The number of para-hydroxylation sites is 1. The molecule has 1 aliphatic carbocycles. The van der Waals surface area contributed by atoms with Crippen molar-refractivity contribution < 1.29 is 4.43 Å². The summed E-state index contributed by atoms with van der Waals surface area (Å²) in [5, 5.41) is 0. The van der Waals surface area contributed by atoms with Gasteiger partial charge in [0.05, 0.1) is 0 Å². The van der Waals surface area contributed by atoms with Crippen LogP contribution in [-0.4, -0.2) is 10.5 Å². The van der Waals surface area contributed by atoms with E-state index in [1.54, 1.807) is 0 Å². The Morgan fingerprint density at radius 1 is 1.13 bits per heavy atom. The Balaban J connectivity index is 2.34. The molecule has 1 nitrogen and oxygen atoms in total. The standard InChI is InChI=1S/C13H20OSi/c1-13(9-5-2-6-10-13)11-7-3-4-8-12(11)14-15/h3-4,7-8H,2,5-6,9-10H2,1,15H3. The van der Waals surface area contributed by atoms with Gasteiger partial charge in [-0.25, -0.2) is 0 Å². The fraction of sp³-hybridized carbons (Fsp3) is 0.538. The van der Waals surface area contributed by atoms with Crippen LogP contribution in [0.15, 0.2) is 24.3 Å². The van der Waals surface area contributed by atoms with Gasteiger partial charge in [-0.3, -0.25) is 0 Å². The van der Waals surface area contributed by atoms with Crippen LogP contribution in [0.25, 0.3) is 0 Å². The molecule has 1 aliphatic rings. The van der Waals surface area contributed by atoms with Crippen LogP contribution >= 0.6 is 0 Å². The molecule has 0 N–H and O–H groups in total. The fourth-order valence-electron chi connectivity index (χ4n) is 2.74. The Bertz CT molecular complexity index is 329. The van der Waals surface area contributed by atoms with Gasteiger partial charge in [0.15, 0.2) is 0 Å². The van der Waals surface area contributed by atoms with Crippen LogP contribution in [-0.2, 0) is 5.41 Å². The first-order valence-electron chi connectivity index (χ1n) is 5.90. The fourth-order valence-corrected chi connectivity index (χ4v) is 3.10. The molecule has 2 rings (SSSR count). The van der Waals surface area contributed by atoms with Gasteiger partial charge in [0, 0.05) is 0 Å². The lowest BCUT2D eigenvalue weighted by atomic mass is 9.71. The molecular formula is C13H20OSi. The predicted molar refractivity (Wildman–Crippen MR) is 67.4 cm³/mol. The normalized spacial score (nSPS) is 20.1. The largest absolute Gasteiger partial charge is 0.553 e. The molecule has 0 unspecified atom stereocenters. The average Bonchev–Trinajstić information content (AvgIpc) is 2.30. The molecular weight excluding hydrogens is 200 g/mol. The highest BCUT2D eigenvalue weighted by Gasteiger charge is 2.30. The van der Waals surface area contributed by atoms with Crippen LogP contribution in [0.5, 0.6) is 5.75 Å². The summed E-state index contributed by atoms with van der Waals surface area (Å²) in [5.74, 6) is 1.12. The lowest BCUT2D eigenvalue weighted by Gasteiger charge is -2.35. The number of hydrogen-bond acceptors (Lipinski definition) is 1. The van der Waals surface area contributed by atoms with E-state index in [9.17, 15) is 0 Å². The van der Waals surface area contributed by atoms with Crippen LogP contribution in [0.4, 0.5) is 0 Å². The molecule has 1 fully saturated rings. The first kappa shape index (κ1) is 10.7. The van der Waals surface area contributed by atoms with Gasteiger partial charge in [0.1, 0.15) is 5.75 Å². The zero-order valence-electron chi connectivity index (χ0n) is 9.75. The van der Waals surface area contributed by atoms with Gasteiger partial charge in [0.25, 0.3) is 0 Å². The molecule has 0 atom stereocenters. The smallest absolute Gasteiger partial charge is 0.204 e. The maximum absolute atomic E-state index is 5.60. The highest BCUT2D eigenvalue weighted by molar-refractivity contribution is 6.00. The molecule has 0 aliphatic heterocycles. The summed E-state index contributed by atoms with van der Waals surface area (Å²) in [5.41, 5.74) is 1.79. The third kappa shape index (κ3) is 2.10. The molecule has 0 saturated heterocycles. The molecule has 0 aromatic heterocycles. The summed E-state index contributed by atoms with van der Waals surface area (Å²) in [6.07, 6.45) is 6.77. The molecule has 0 bridgehead atoms. The maximum atomic E-state index is 5.60. The molecule has 0 spiro atoms. The Labute approximate surface area is 95.4 Å². The van der Waals surface area contributed by atoms with Crippen molar-refractivity contribution in [2.24, 2.45) is 0 Å². The Hall–Kier alpha value is -0.763. The van der Waals surface area contributed by atoms with Crippen molar-refractivity contribution in [3.8, 4) is 5.75 Å². The topological polar surface area (TPSA) is 9.23 Å². The van der Waals surface area contributed by atoms with Gasteiger partial charge in [-0.1, -0.05) is 44.4 Å². The van der Waals surface area contributed by atoms with Gasteiger partial charge in [-0.2, -0.15) is 0 Å². The van der Waals surface area contributed by atoms with Crippen molar-refractivity contribution in [3.63, 3.8) is 0 Å². The minimum atomic E-state index is 0.360. The van der Waals surface area contributed by atoms with E-state index in [1.807, 2.05) is 0 Å². The minimum absolute atomic E-state index is 0.360. The molecule has 1 aromatic carbocycles. The van der Waals surface area contributed by atoms with Crippen LogP contribution in [0, 0.1) is 0 Å². The molecule has 0 amide bonds. The van der Waals surface area contributed by atoms with Crippen LogP contribution in [0.2, 0.25) is 0 Å². The van der Waals surface area contributed by atoms with Crippen LogP contribution < -0.4 is 4.43 Å².